The minimum atomic E-state index is -0.599. The first kappa shape index (κ1) is 11.9. The van der Waals surface area contributed by atoms with Crippen LogP contribution in [0.4, 0.5) is 0 Å². The van der Waals surface area contributed by atoms with Crippen molar-refractivity contribution in [3.8, 4) is 11.8 Å². The van der Waals surface area contributed by atoms with Crippen molar-refractivity contribution < 1.29 is 4.74 Å². The molecular formula is C12H14ClNO. The Morgan fingerprint density at radius 3 is 2.47 bits per heavy atom. The van der Waals surface area contributed by atoms with E-state index in [0.717, 1.165) is 16.9 Å². The van der Waals surface area contributed by atoms with Crippen LogP contribution in [0, 0.1) is 18.3 Å². The molecule has 1 aromatic carbocycles. The van der Waals surface area contributed by atoms with E-state index in [0.29, 0.717) is 5.02 Å². The molecule has 0 amide bonds. The highest BCUT2D eigenvalue weighted by atomic mass is 35.5. The Hall–Kier alpha value is -1.20. The van der Waals surface area contributed by atoms with Crippen molar-refractivity contribution in [3.05, 3.63) is 28.3 Å². The van der Waals surface area contributed by atoms with Crippen LogP contribution in [0.25, 0.3) is 0 Å². The second-order valence-corrected chi connectivity index (χ2v) is 4.45. The lowest BCUT2D eigenvalue weighted by molar-refractivity contribution is 0.410. The van der Waals surface area contributed by atoms with E-state index in [1.54, 1.807) is 7.11 Å². The van der Waals surface area contributed by atoms with Gasteiger partial charge in [0.2, 0.25) is 0 Å². The maximum absolute atomic E-state index is 9.06. The van der Waals surface area contributed by atoms with Gasteiger partial charge in [-0.25, -0.2) is 0 Å². The molecule has 0 unspecified atom stereocenters. The van der Waals surface area contributed by atoms with Gasteiger partial charge in [-0.2, -0.15) is 5.26 Å². The number of hydrogen-bond donors (Lipinski definition) is 0. The number of rotatable bonds is 2. The second kappa shape index (κ2) is 4.12. The molecule has 1 rings (SSSR count). The van der Waals surface area contributed by atoms with Gasteiger partial charge in [0.25, 0.3) is 0 Å². The third kappa shape index (κ3) is 2.24. The van der Waals surface area contributed by atoms with Crippen LogP contribution in [0.15, 0.2) is 12.1 Å². The van der Waals surface area contributed by atoms with E-state index >= 15 is 0 Å². The molecule has 15 heavy (non-hydrogen) atoms. The molecule has 1 aromatic rings. The molecule has 0 saturated carbocycles. The zero-order valence-electron chi connectivity index (χ0n) is 9.39. The molecular weight excluding hydrogens is 210 g/mol. The number of nitriles is 1. The Labute approximate surface area is 95.4 Å². The summed E-state index contributed by atoms with van der Waals surface area (Å²) in [5.74, 6) is 0.762. The van der Waals surface area contributed by atoms with Crippen molar-refractivity contribution in [1.82, 2.24) is 0 Å². The molecule has 0 aromatic heterocycles. The average Bonchev–Trinajstić information content (AvgIpc) is 2.17. The largest absolute Gasteiger partial charge is 0.496 e. The van der Waals surface area contributed by atoms with Gasteiger partial charge in [-0.3, -0.25) is 0 Å². The Kier molecular flexibility index (Phi) is 3.26. The number of nitrogens with zero attached hydrogens (tertiary/aromatic N) is 1. The van der Waals surface area contributed by atoms with Gasteiger partial charge in [0.05, 0.1) is 18.6 Å². The SMILES string of the molecule is COc1cc(C(C)(C)C#N)c(Cl)cc1C. The maximum Gasteiger partial charge on any atom is 0.122 e. The molecule has 0 fully saturated rings. The maximum atomic E-state index is 9.06. The molecule has 0 aliphatic carbocycles. The number of hydrogen-bond acceptors (Lipinski definition) is 2. The van der Waals surface area contributed by atoms with Gasteiger partial charge >= 0.3 is 0 Å². The fourth-order valence-electron chi connectivity index (χ4n) is 1.41. The van der Waals surface area contributed by atoms with E-state index in [-0.39, 0.29) is 0 Å². The first-order chi connectivity index (χ1) is 6.92. The molecule has 0 heterocycles. The second-order valence-electron chi connectivity index (χ2n) is 4.04. The standard InChI is InChI=1S/C12H14ClNO/c1-8-5-10(13)9(6-11(8)15-4)12(2,3)7-14/h5-6H,1-4H3. The van der Waals surface area contributed by atoms with E-state index in [1.165, 1.54) is 0 Å². The molecule has 0 N–H and O–H groups in total. The molecule has 0 bridgehead atoms. The summed E-state index contributed by atoms with van der Waals surface area (Å²) in [5, 5.41) is 9.67. The Morgan fingerprint density at radius 1 is 1.40 bits per heavy atom. The fraction of sp³-hybridized carbons (Fsp3) is 0.417. The van der Waals surface area contributed by atoms with E-state index in [4.69, 9.17) is 21.6 Å². The van der Waals surface area contributed by atoms with Gasteiger partial charge in [-0.05, 0) is 44.0 Å². The number of benzene rings is 1. The molecule has 3 heteroatoms. The smallest absolute Gasteiger partial charge is 0.122 e. The first-order valence-electron chi connectivity index (χ1n) is 4.68. The zero-order valence-corrected chi connectivity index (χ0v) is 10.1. The van der Waals surface area contributed by atoms with Gasteiger partial charge in [0.15, 0.2) is 0 Å². The summed E-state index contributed by atoms with van der Waals surface area (Å²) in [6, 6.07) is 5.89. The van der Waals surface area contributed by atoms with Crippen LogP contribution in [0.2, 0.25) is 5.02 Å². The fourth-order valence-corrected chi connectivity index (χ4v) is 1.87. The highest BCUT2D eigenvalue weighted by molar-refractivity contribution is 6.31. The Morgan fingerprint density at radius 2 is 2.00 bits per heavy atom. The van der Waals surface area contributed by atoms with Crippen LogP contribution in [0.1, 0.15) is 25.0 Å². The third-order valence-electron chi connectivity index (χ3n) is 2.44. The highest BCUT2D eigenvalue weighted by Crippen LogP contribution is 2.34. The van der Waals surface area contributed by atoms with E-state index in [9.17, 15) is 0 Å². The lowest BCUT2D eigenvalue weighted by Gasteiger charge is -2.19. The molecule has 0 saturated heterocycles. The lowest BCUT2D eigenvalue weighted by atomic mass is 9.85. The van der Waals surface area contributed by atoms with Crippen LogP contribution < -0.4 is 4.74 Å². The van der Waals surface area contributed by atoms with Crippen molar-refractivity contribution >= 4 is 11.6 Å². The first-order valence-corrected chi connectivity index (χ1v) is 5.06. The minimum Gasteiger partial charge on any atom is -0.496 e. The summed E-state index contributed by atoms with van der Waals surface area (Å²) >= 11 is 6.12. The normalized spacial score (nSPS) is 10.9. The summed E-state index contributed by atoms with van der Waals surface area (Å²) in [7, 11) is 1.61. The van der Waals surface area contributed by atoms with Crippen LogP contribution in [-0.2, 0) is 5.41 Å². The van der Waals surface area contributed by atoms with Crippen molar-refractivity contribution in [3.63, 3.8) is 0 Å². The van der Waals surface area contributed by atoms with Gasteiger partial charge in [0, 0.05) is 5.02 Å². The van der Waals surface area contributed by atoms with Crippen LogP contribution in [0.3, 0.4) is 0 Å². The van der Waals surface area contributed by atoms with Crippen molar-refractivity contribution in [1.29, 1.82) is 5.26 Å². The van der Waals surface area contributed by atoms with Gasteiger partial charge in [-0.1, -0.05) is 11.6 Å². The highest BCUT2D eigenvalue weighted by Gasteiger charge is 2.24. The summed E-state index contributed by atoms with van der Waals surface area (Å²) in [4.78, 5) is 0. The number of aryl methyl sites for hydroxylation is 1. The third-order valence-corrected chi connectivity index (χ3v) is 2.75. The Balaban J connectivity index is 3.38. The molecule has 0 atom stereocenters. The monoisotopic (exact) mass is 223 g/mol. The van der Waals surface area contributed by atoms with Crippen molar-refractivity contribution in [2.75, 3.05) is 7.11 Å². The Bertz CT molecular complexity index is 418. The van der Waals surface area contributed by atoms with Gasteiger partial charge in [0.1, 0.15) is 5.75 Å². The number of halogens is 1. The van der Waals surface area contributed by atoms with Crippen LogP contribution >= 0.6 is 11.6 Å². The van der Waals surface area contributed by atoms with Crippen molar-refractivity contribution in [2.45, 2.75) is 26.2 Å². The number of methoxy groups -OCH3 is 1. The summed E-state index contributed by atoms with van der Waals surface area (Å²) in [6.07, 6.45) is 0. The van der Waals surface area contributed by atoms with E-state index in [1.807, 2.05) is 32.9 Å². The van der Waals surface area contributed by atoms with Gasteiger partial charge in [-0.15, -0.1) is 0 Å². The molecule has 2 nitrogen and oxygen atoms in total. The molecule has 0 radical (unpaired) electrons. The zero-order chi connectivity index (χ0) is 11.6. The predicted molar refractivity (Wildman–Crippen MR) is 61.4 cm³/mol. The molecule has 0 spiro atoms. The quantitative estimate of drug-likeness (QED) is 0.769. The molecule has 0 aliphatic heterocycles. The summed E-state index contributed by atoms with van der Waals surface area (Å²) in [6.45, 7) is 5.60. The van der Waals surface area contributed by atoms with Crippen molar-refractivity contribution in [2.24, 2.45) is 0 Å². The molecule has 0 aliphatic rings. The van der Waals surface area contributed by atoms with E-state index in [2.05, 4.69) is 6.07 Å². The minimum absolute atomic E-state index is 0.599. The molecule has 80 valence electrons. The predicted octanol–water partition coefficient (Wildman–Crippen LogP) is 3.46. The van der Waals surface area contributed by atoms with Gasteiger partial charge < -0.3 is 4.74 Å². The summed E-state index contributed by atoms with van der Waals surface area (Å²) in [5.41, 5.74) is 1.17. The van der Waals surface area contributed by atoms with Crippen LogP contribution in [0.5, 0.6) is 5.75 Å². The lowest BCUT2D eigenvalue weighted by Crippen LogP contribution is -2.14. The van der Waals surface area contributed by atoms with E-state index < -0.39 is 5.41 Å². The topological polar surface area (TPSA) is 33.0 Å². The average molecular weight is 224 g/mol. The number of ether oxygens (including phenoxy) is 1. The van der Waals surface area contributed by atoms with Crippen LogP contribution in [-0.4, -0.2) is 7.11 Å². The summed E-state index contributed by atoms with van der Waals surface area (Å²) < 4.78 is 5.21.